The first-order valence-corrected chi connectivity index (χ1v) is 4.71. The zero-order valence-electron chi connectivity index (χ0n) is 8.67. The van der Waals surface area contributed by atoms with E-state index in [1.807, 2.05) is 0 Å². The molecule has 1 aromatic heterocycles. The van der Waals surface area contributed by atoms with Gasteiger partial charge < -0.3 is 10.3 Å². The van der Waals surface area contributed by atoms with Crippen molar-refractivity contribution in [3.8, 4) is 0 Å². The molecule has 0 aliphatic carbocycles. The smallest absolute Gasteiger partial charge is 0.330 e. The van der Waals surface area contributed by atoms with Gasteiger partial charge in [-0.1, -0.05) is 0 Å². The molecule has 0 aliphatic heterocycles. The van der Waals surface area contributed by atoms with Crippen molar-refractivity contribution >= 4 is 0 Å². The molecule has 0 aliphatic rings. The first-order valence-electron chi connectivity index (χ1n) is 4.71. The lowest BCUT2D eigenvalue weighted by atomic mass is 10.3. The molecular formula is C9H14F3N3. The van der Waals surface area contributed by atoms with Crippen molar-refractivity contribution in [2.24, 2.45) is 5.73 Å². The van der Waals surface area contributed by atoms with Crippen LogP contribution >= 0.6 is 0 Å². The molecule has 0 saturated heterocycles. The Morgan fingerprint density at radius 3 is 2.47 bits per heavy atom. The van der Waals surface area contributed by atoms with Crippen molar-refractivity contribution < 1.29 is 13.2 Å². The van der Waals surface area contributed by atoms with Crippen LogP contribution in [-0.2, 0) is 12.6 Å². The first-order chi connectivity index (χ1) is 6.88. The van der Waals surface area contributed by atoms with Crippen LogP contribution in [0, 0.1) is 0 Å². The fourth-order valence-electron chi connectivity index (χ4n) is 1.51. The highest BCUT2D eigenvalue weighted by molar-refractivity contribution is 5.10. The van der Waals surface area contributed by atoms with Crippen LogP contribution in [0.4, 0.5) is 13.2 Å². The van der Waals surface area contributed by atoms with Gasteiger partial charge in [0.05, 0.1) is 0 Å². The molecule has 15 heavy (non-hydrogen) atoms. The summed E-state index contributed by atoms with van der Waals surface area (Å²) in [5, 5.41) is 0. The van der Waals surface area contributed by atoms with Gasteiger partial charge in [0.1, 0.15) is 0 Å². The van der Waals surface area contributed by atoms with E-state index in [0.717, 1.165) is 0 Å². The van der Waals surface area contributed by atoms with Crippen LogP contribution in [0.2, 0.25) is 0 Å². The predicted octanol–water partition coefficient (Wildman–Crippen LogP) is 1.98. The van der Waals surface area contributed by atoms with Crippen molar-refractivity contribution in [3.63, 3.8) is 0 Å². The van der Waals surface area contributed by atoms with Crippen LogP contribution in [0.1, 0.15) is 31.4 Å². The number of hydrogen-bond acceptors (Lipinski definition) is 2. The van der Waals surface area contributed by atoms with Gasteiger partial charge in [0.2, 0.25) is 5.82 Å². The van der Waals surface area contributed by atoms with Gasteiger partial charge in [-0.25, -0.2) is 4.98 Å². The molecule has 1 rings (SSSR count). The molecule has 0 radical (unpaired) electrons. The van der Waals surface area contributed by atoms with Crippen LogP contribution < -0.4 is 5.73 Å². The van der Waals surface area contributed by atoms with Gasteiger partial charge in [0.15, 0.2) is 0 Å². The van der Waals surface area contributed by atoms with Gasteiger partial charge >= 0.3 is 6.18 Å². The highest BCUT2D eigenvalue weighted by Gasteiger charge is 2.37. The number of alkyl halides is 3. The fraction of sp³-hybridized carbons (Fsp3) is 0.667. The molecule has 0 saturated carbocycles. The zero-order chi connectivity index (χ0) is 11.6. The monoisotopic (exact) mass is 221 g/mol. The standard InChI is InChI=1S/C9H14F3N3/c1-6(2)15-7(3-4-13)5-14-8(15)9(10,11)12/h5-6H,3-4,13H2,1-2H3. The first kappa shape index (κ1) is 12.0. The van der Waals surface area contributed by atoms with E-state index in [4.69, 9.17) is 5.73 Å². The molecule has 1 aromatic rings. The van der Waals surface area contributed by atoms with E-state index in [9.17, 15) is 13.2 Å². The summed E-state index contributed by atoms with van der Waals surface area (Å²) in [6.07, 6.45) is -2.76. The Morgan fingerprint density at radius 2 is 2.07 bits per heavy atom. The van der Waals surface area contributed by atoms with E-state index < -0.39 is 12.0 Å². The van der Waals surface area contributed by atoms with Gasteiger partial charge in [-0.3, -0.25) is 0 Å². The molecule has 3 nitrogen and oxygen atoms in total. The van der Waals surface area contributed by atoms with Crippen LogP contribution in [0.5, 0.6) is 0 Å². The van der Waals surface area contributed by atoms with Gasteiger partial charge in [-0.2, -0.15) is 13.2 Å². The molecule has 2 N–H and O–H groups in total. The Balaban J connectivity index is 3.18. The van der Waals surface area contributed by atoms with Gasteiger partial charge in [-0.15, -0.1) is 0 Å². The predicted molar refractivity (Wildman–Crippen MR) is 50.4 cm³/mol. The van der Waals surface area contributed by atoms with E-state index in [1.54, 1.807) is 13.8 Å². The molecule has 0 bridgehead atoms. The average molecular weight is 221 g/mol. The van der Waals surface area contributed by atoms with Crippen molar-refractivity contribution in [3.05, 3.63) is 17.7 Å². The number of aromatic nitrogens is 2. The lowest BCUT2D eigenvalue weighted by Crippen LogP contribution is -2.19. The molecule has 0 aromatic carbocycles. The van der Waals surface area contributed by atoms with Crippen LogP contribution in [-0.4, -0.2) is 16.1 Å². The average Bonchev–Trinajstić information content (AvgIpc) is 2.47. The summed E-state index contributed by atoms with van der Waals surface area (Å²) in [4.78, 5) is 3.41. The lowest BCUT2D eigenvalue weighted by Gasteiger charge is -2.16. The largest absolute Gasteiger partial charge is 0.449 e. The Bertz CT molecular complexity index is 328. The van der Waals surface area contributed by atoms with E-state index in [1.165, 1.54) is 10.8 Å². The Morgan fingerprint density at radius 1 is 1.47 bits per heavy atom. The Kier molecular flexibility index (Phi) is 3.38. The third kappa shape index (κ3) is 2.50. The van der Waals surface area contributed by atoms with Crippen LogP contribution in [0.3, 0.4) is 0 Å². The summed E-state index contributed by atoms with van der Waals surface area (Å²) in [7, 11) is 0. The maximum Gasteiger partial charge on any atom is 0.449 e. The lowest BCUT2D eigenvalue weighted by molar-refractivity contribution is -0.147. The number of hydrogen-bond donors (Lipinski definition) is 1. The number of rotatable bonds is 3. The van der Waals surface area contributed by atoms with Crippen LogP contribution in [0.25, 0.3) is 0 Å². The molecule has 1 heterocycles. The molecule has 0 fully saturated rings. The Hall–Kier alpha value is -1.04. The van der Waals surface area contributed by atoms with E-state index in [-0.39, 0.29) is 6.04 Å². The van der Waals surface area contributed by atoms with Gasteiger partial charge in [0.25, 0.3) is 0 Å². The number of halogens is 3. The number of nitrogens with two attached hydrogens (primary N) is 1. The van der Waals surface area contributed by atoms with Gasteiger partial charge in [-0.05, 0) is 20.4 Å². The highest BCUT2D eigenvalue weighted by atomic mass is 19.4. The highest BCUT2D eigenvalue weighted by Crippen LogP contribution is 2.30. The molecule has 6 heteroatoms. The van der Waals surface area contributed by atoms with Gasteiger partial charge in [0, 0.05) is 24.4 Å². The van der Waals surface area contributed by atoms with Crippen molar-refractivity contribution in [2.45, 2.75) is 32.5 Å². The fourth-order valence-corrected chi connectivity index (χ4v) is 1.51. The summed E-state index contributed by atoms with van der Waals surface area (Å²) < 4.78 is 38.8. The normalized spacial score (nSPS) is 12.5. The molecule has 0 spiro atoms. The summed E-state index contributed by atoms with van der Waals surface area (Å²) >= 11 is 0. The molecule has 0 amide bonds. The van der Waals surface area contributed by atoms with Crippen molar-refractivity contribution in [1.82, 2.24) is 9.55 Å². The minimum absolute atomic E-state index is 0.273. The van der Waals surface area contributed by atoms with E-state index in [2.05, 4.69) is 4.98 Å². The summed E-state index contributed by atoms with van der Waals surface area (Å²) in [5.41, 5.74) is 5.85. The number of imidazole rings is 1. The van der Waals surface area contributed by atoms with Crippen molar-refractivity contribution in [1.29, 1.82) is 0 Å². The second-order valence-electron chi connectivity index (χ2n) is 3.57. The second kappa shape index (κ2) is 4.22. The zero-order valence-corrected chi connectivity index (χ0v) is 8.67. The maximum absolute atomic E-state index is 12.5. The van der Waals surface area contributed by atoms with E-state index in [0.29, 0.717) is 18.7 Å². The number of nitrogens with zero attached hydrogens (tertiary/aromatic N) is 2. The van der Waals surface area contributed by atoms with E-state index >= 15 is 0 Å². The minimum atomic E-state index is -4.41. The summed E-state index contributed by atoms with van der Waals surface area (Å²) in [5.74, 6) is -0.846. The topological polar surface area (TPSA) is 43.8 Å². The molecule has 86 valence electrons. The van der Waals surface area contributed by atoms with Crippen molar-refractivity contribution in [2.75, 3.05) is 6.54 Å². The van der Waals surface area contributed by atoms with Crippen LogP contribution in [0.15, 0.2) is 6.20 Å². The molecule has 0 atom stereocenters. The second-order valence-corrected chi connectivity index (χ2v) is 3.57. The molecular weight excluding hydrogens is 207 g/mol. The Labute approximate surface area is 86.1 Å². The minimum Gasteiger partial charge on any atom is -0.330 e. The summed E-state index contributed by atoms with van der Waals surface area (Å²) in [6.45, 7) is 3.70. The third-order valence-corrected chi connectivity index (χ3v) is 2.04. The molecule has 0 unspecified atom stereocenters. The summed E-state index contributed by atoms with van der Waals surface area (Å²) in [6, 6.07) is -0.273. The maximum atomic E-state index is 12.5. The quantitative estimate of drug-likeness (QED) is 0.848. The SMILES string of the molecule is CC(C)n1c(CCN)cnc1C(F)(F)F. The third-order valence-electron chi connectivity index (χ3n) is 2.04.